The van der Waals surface area contributed by atoms with Crippen LogP contribution in [0.1, 0.15) is 43.0 Å². The highest BCUT2D eigenvalue weighted by Crippen LogP contribution is 2.33. The summed E-state index contributed by atoms with van der Waals surface area (Å²) in [5.41, 5.74) is 0.586. The van der Waals surface area contributed by atoms with E-state index in [0.29, 0.717) is 12.1 Å². The molecular weight excluding hydrogens is 333 g/mol. The number of benzene rings is 1. The van der Waals surface area contributed by atoms with Crippen LogP contribution >= 0.6 is 0 Å². The standard InChI is InChI=1S/C20H24FN3O2/c21-17-10-15(5-6-18(17)25)11-19(26)23-8-1-2-16(13-23)20-22-7-9-24(20)12-14-3-4-14/h5-7,9-10,14,16,25H,1-4,8,11-13H2/t16-/m1/s1. The van der Waals surface area contributed by atoms with Crippen LogP contribution < -0.4 is 0 Å². The largest absolute Gasteiger partial charge is 0.505 e. The first kappa shape index (κ1) is 17.1. The Kier molecular flexibility index (Phi) is 4.66. The van der Waals surface area contributed by atoms with Gasteiger partial charge < -0.3 is 14.6 Å². The van der Waals surface area contributed by atoms with E-state index in [1.807, 2.05) is 17.3 Å². The summed E-state index contributed by atoms with van der Waals surface area (Å²) in [7, 11) is 0. The SMILES string of the molecule is O=C(Cc1ccc(O)c(F)c1)N1CCC[C@@H](c2nccn2CC2CC2)C1. The minimum absolute atomic E-state index is 0.0000823. The van der Waals surface area contributed by atoms with Gasteiger partial charge in [-0.3, -0.25) is 4.79 Å². The maximum absolute atomic E-state index is 13.5. The van der Waals surface area contributed by atoms with Crippen molar-refractivity contribution in [3.05, 3.63) is 47.8 Å². The Bertz CT molecular complexity index is 800. The van der Waals surface area contributed by atoms with Crippen LogP contribution in [0, 0.1) is 11.7 Å². The molecule has 1 amide bonds. The topological polar surface area (TPSA) is 58.4 Å². The number of carbonyl (C=O) groups is 1. The lowest BCUT2D eigenvalue weighted by Gasteiger charge is -2.33. The lowest BCUT2D eigenvalue weighted by Crippen LogP contribution is -2.40. The molecule has 2 heterocycles. The number of imidazole rings is 1. The third kappa shape index (κ3) is 3.74. The zero-order chi connectivity index (χ0) is 18.1. The van der Waals surface area contributed by atoms with E-state index in [9.17, 15) is 14.3 Å². The summed E-state index contributed by atoms with van der Waals surface area (Å²) in [6.45, 7) is 2.44. The van der Waals surface area contributed by atoms with Gasteiger partial charge in [-0.05, 0) is 49.3 Å². The van der Waals surface area contributed by atoms with Crippen molar-refractivity contribution in [1.29, 1.82) is 0 Å². The smallest absolute Gasteiger partial charge is 0.227 e. The average Bonchev–Trinajstić information content (AvgIpc) is 3.33. The number of amides is 1. The van der Waals surface area contributed by atoms with Crippen molar-refractivity contribution in [1.82, 2.24) is 14.5 Å². The lowest BCUT2D eigenvalue weighted by molar-refractivity contribution is -0.131. The summed E-state index contributed by atoms with van der Waals surface area (Å²) in [4.78, 5) is 19.1. The summed E-state index contributed by atoms with van der Waals surface area (Å²) < 4.78 is 15.7. The third-order valence-corrected chi connectivity index (χ3v) is 5.41. The molecule has 26 heavy (non-hydrogen) atoms. The molecule has 1 saturated heterocycles. The molecule has 0 bridgehead atoms. The van der Waals surface area contributed by atoms with E-state index >= 15 is 0 Å². The Morgan fingerprint density at radius 2 is 2.15 bits per heavy atom. The Hall–Kier alpha value is -2.37. The molecule has 1 N–H and O–H groups in total. The molecule has 2 fully saturated rings. The predicted octanol–water partition coefficient (Wildman–Crippen LogP) is 3.09. The molecule has 5 nitrogen and oxygen atoms in total. The molecule has 1 aliphatic heterocycles. The zero-order valence-corrected chi connectivity index (χ0v) is 14.8. The summed E-state index contributed by atoms with van der Waals surface area (Å²) in [6, 6.07) is 4.13. The van der Waals surface area contributed by atoms with E-state index in [4.69, 9.17) is 0 Å². The van der Waals surface area contributed by atoms with Gasteiger partial charge in [0.05, 0.1) is 6.42 Å². The third-order valence-electron chi connectivity index (χ3n) is 5.41. The van der Waals surface area contributed by atoms with Crippen molar-refractivity contribution in [2.75, 3.05) is 13.1 Å². The van der Waals surface area contributed by atoms with Gasteiger partial charge in [0.25, 0.3) is 0 Å². The number of piperidine rings is 1. The number of aromatic nitrogens is 2. The van der Waals surface area contributed by atoms with Crippen LogP contribution in [0.2, 0.25) is 0 Å². The highest BCUT2D eigenvalue weighted by molar-refractivity contribution is 5.79. The number of rotatable bonds is 5. The fourth-order valence-electron chi connectivity index (χ4n) is 3.77. The minimum atomic E-state index is -0.686. The van der Waals surface area contributed by atoms with Crippen molar-refractivity contribution >= 4 is 5.91 Å². The second kappa shape index (κ2) is 7.09. The number of hydrogen-bond acceptors (Lipinski definition) is 3. The summed E-state index contributed by atoms with van der Waals surface area (Å²) in [5, 5.41) is 9.28. The molecule has 0 unspecified atom stereocenters. The average molecular weight is 357 g/mol. The van der Waals surface area contributed by atoms with Gasteiger partial charge in [-0.25, -0.2) is 9.37 Å². The van der Waals surface area contributed by atoms with E-state index in [1.54, 1.807) is 6.07 Å². The molecule has 2 aliphatic rings. The minimum Gasteiger partial charge on any atom is -0.505 e. The van der Waals surface area contributed by atoms with Gasteiger partial charge in [0, 0.05) is 37.9 Å². The molecule has 1 aromatic heterocycles. The van der Waals surface area contributed by atoms with Crippen LogP contribution in [0.4, 0.5) is 4.39 Å². The van der Waals surface area contributed by atoms with Crippen molar-refractivity contribution in [2.24, 2.45) is 5.92 Å². The molecule has 2 aromatic rings. The normalized spacial score (nSPS) is 20.3. The summed E-state index contributed by atoms with van der Waals surface area (Å²) in [6.07, 6.45) is 8.66. The van der Waals surface area contributed by atoms with Gasteiger partial charge in [0.2, 0.25) is 5.91 Å². The van der Waals surface area contributed by atoms with Gasteiger partial charge in [-0.1, -0.05) is 6.07 Å². The van der Waals surface area contributed by atoms with Gasteiger partial charge in [0.1, 0.15) is 5.82 Å². The molecule has 0 spiro atoms. The highest BCUT2D eigenvalue weighted by atomic mass is 19.1. The number of carbonyl (C=O) groups excluding carboxylic acids is 1. The Morgan fingerprint density at radius 3 is 2.92 bits per heavy atom. The maximum Gasteiger partial charge on any atom is 0.227 e. The predicted molar refractivity (Wildman–Crippen MR) is 95.3 cm³/mol. The highest BCUT2D eigenvalue weighted by Gasteiger charge is 2.29. The van der Waals surface area contributed by atoms with Crippen molar-refractivity contribution in [3.63, 3.8) is 0 Å². The number of phenols is 1. The number of hydrogen-bond donors (Lipinski definition) is 1. The lowest BCUT2D eigenvalue weighted by atomic mass is 9.96. The van der Waals surface area contributed by atoms with Gasteiger partial charge in [0.15, 0.2) is 11.6 Å². The maximum atomic E-state index is 13.5. The molecule has 1 atom stereocenters. The molecule has 6 heteroatoms. The van der Waals surface area contributed by atoms with Gasteiger partial charge >= 0.3 is 0 Å². The Labute approximate surface area is 152 Å². The van der Waals surface area contributed by atoms with E-state index in [2.05, 4.69) is 9.55 Å². The Morgan fingerprint density at radius 1 is 1.31 bits per heavy atom. The second-order valence-electron chi connectivity index (χ2n) is 7.52. The second-order valence-corrected chi connectivity index (χ2v) is 7.52. The van der Waals surface area contributed by atoms with Crippen molar-refractivity contribution in [2.45, 2.75) is 44.6 Å². The van der Waals surface area contributed by atoms with E-state index < -0.39 is 5.82 Å². The van der Waals surface area contributed by atoms with Crippen molar-refractivity contribution < 1.29 is 14.3 Å². The van der Waals surface area contributed by atoms with Crippen LogP contribution in [0.25, 0.3) is 0 Å². The number of aromatic hydroxyl groups is 1. The van der Waals surface area contributed by atoms with Crippen LogP contribution in [-0.2, 0) is 17.8 Å². The first-order chi connectivity index (χ1) is 12.6. The van der Waals surface area contributed by atoms with E-state index in [1.165, 1.54) is 25.0 Å². The molecule has 0 radical (unpaired) electrons. The zero-order valence-electron chi connectivity index (χ0n) is 14.8. The summed E-state index contributed by atoms with van der Waals surface area (Å²) >= 11 is 0. The molecule has 1 saturated carbocycles. The monoisotopic (exact) mass is 357 g/mol. The number of phenolic OH excluding ortho intramolecular Hbond substituents is 1. The molecule has 138 valence electrons. The van der Waals surface area contributed by atoms with E-state index in [0.717, 1.165) is 37.7 Å². The van der Waals surface area contributed by atoms with Crippen molar-refractivity contribution in [3.8, 4) is 5.75 Å². The number of nitrogens with zero attached hydrogens (tertiary/aromatic N) is 3. The van der Waals surface area contributed by atoms with Gasteiger partial charge in [-0.15, -0.1) is 0 Å². The number of likely N-dealkylation sites (tertiary alicyclic amines) is 1. The fourth-order valence-corrected chi connectivity index (χ4v) is 3.77. The number of halogens is 1. The van der Waals surface area contributed by atoms with E-state index in [-0.39, 0.29) is 24.0 Å². The fraction of sp³-hybridized carbons (Fsp3) is 0.500. The Balaban J connectivity index is 1.42. The molecule has 1 aromatic carbocycles. The van der Waals surface area contributed by atoms with Crippen LogP contribution in [0.3, 0.4) is 0 Å². The summed E-state index contributed by atoms with van der Waals surface area (Å²) in [5.74, 6) is 1.06. The molecule has 1 aliphatic carbocycles. The first-order valence-electron chi connectivity index (χ1n) is 9.36. The van der Waals surface area contributed by atoms with Crippen LogP contribution in [0.5, 0.6) is 5.75 Å². The first-order valence-corrected chi connectivity index (χ1v) is 9.36. The van der Waals surface area contributed by atoms with Gasteiger partial charge in [-0.2, -0.15) is 0 Å². The molecular formula is C20H24FN3O2. The molecule has 4 rings (SSSR count). The van der Waals surface area contributed by atoms with Crippen LogP contribution in [0.15, 0.2) is 30.6 Å². The quantitative estimate of drug-likeness (QED) is 0.895. The van der Waals surface area contributed by atoms with Crippen LogP contribution in [-0.4, -0.2) is 38.6 Å².